The number of anilines is 1. The van der Waals surface area contributed by atoms with Crippen molar-refractivity contribution in [2.45, 2.75) is 24.7 Å². The fraction of sp³-hybridized carbons (Fsp3) is 0.176. The lowest BCUT2D eigenvalue weighted by atomic mass is 10.1. The van der Waals surface area contributed by atoms with Gasteiger partial charge in [-0.15, -0.1) is 5.10 Å². The van der Waals surface area contributed by atoms with E-state index in [2.05, 4.69) is 15.0 Å². The number of halogens is 1. The van der Waals surface area contributed by atoms with Gasteiger partial charge in [-0.25, -0.2) is 13.1 Å². The molecule has 1 heterocycles. The van der Waals surface area contributed by atoms with E-state index in [0.29, 0.717) is 10.7 Å². The molecule has 0 aliphatic rings. The number of sulfonamides is 1. The quantitative estimate of drug-likeness (QED) is 0.733. The molecule has 6 nitrogen and oxygen atoms in total. The Hall–Kier alpha value is -2.38. The van der Waals surface area contributed by atoms with Crippen molar-refractivity contribution in [1.82, 2.24) is 15.0 Å². The molecule has 2 aromatic carbocycles. The number of nitrogens with zero attached hydrogens (tertiary/aromatic N) is 3. The van der Waals surface area contributed by atoms with Crippen LogP contribution in [0.4, 0.5) is 5.69 Å². The van der Waals surface area contributed by atoms with E-state index >= 15 is 0 Å². The highest BCUT2D eigenvalue weighted by molar-refractivity contribution is 7.92. The Balaban J connectivity index is 1.92. The normalized spacial score (nSPS) is 11.7. The summed E-state index contributed by atoms with van der Waals surface area (Å²) in [7, 11) is -3.70. The van der Waals surface area contributed by atoms with E-state index in [0.717, 1.165) is 11.4 Å². The molecule has 1 N–H and O–H groups in total. The number of aromatic nitrogens is 3. The lowest BCUT2D eigenvalue weighted by molar-refractivity contribution is 0.601. The summed E-state index contributed by atoms with van der Waals surface area (Å²) in [5, 5.41) is 8.51. The van der Waals surface area contributed by atoms with Gasteiger partial charge < -0.3 is 0 Å². The SMILES string of the molecule is CC(C)c1cnnn1-c1cccc(NS(=O)(=O)c2ccc(Cl)cc2)c1. The topological polar surface area (TPSA) is 76.9 Å². The fourth-order valence-electron chi connectivity index (χ4n) is 2.37. The van der Waals surface area contributed by atoms with Gasteiger partial charge in [0, 0.05) is 5.02 Å². The molecule has 1 aromatic heterocycles. The Morgan fingerprint density at radius 1 is 1.12 bits per heavy atom. The summed E-state index contributed by atoms with van der Waals surface area (Å²) < 4.78 is 29.3. The van der Waals surface area contributed by atoms with Gasteiger partial charge in [0.25, 0.3) is 10.0 Å². The van der Waals surface area contributed by atoms with Gasteiger partial charge in [-0.2, -0.15) is 0 Å². The summed E-state index contributed by atoms with van der Waals surface area (Å²) in [6.07, 6.45) is 1.70. The molecule has 25 heavy (non-hydrogen) atoms. The van der Waals surface area contributed by atoms with Crippen LogP contribution in [0.15, 0.2) is 59.6 Å². The van der Waals surface area contributed by atoms with Crippen molar-refractivity contribution in [3.05, 3.63) is 65.4 Å². The Labute approximate surface area is 151 Å². The predicted molar refractivity (Wildman–Crippen MR) is 97.7 cm³/mol. The molecule has 0 spiro atoms. The predicted octanol–water partition coefficient (Wildman–Crippen LogP) is 3.84. The highest BCUT2D eigenvalue weighted by Gasteiger charge is 2.15. The van der Waals surface area contributed by atoms with E-state index in [9.17, 15) is 8.42 Å². The molecule has 3 aromatic rings. The Morgan fingerprint density at radius 3 is 2.52 bits per heavy atom. The Kier molecular flexibility index (Phi) is 4.78. The van der Waals surface area contributed by atoms with Crippen LogP contribution in [0.1, 0.15) is 25.5 Å². The van der Waals surface area contributed by atoms with Gasteiger partial charge in [0.1, 0.15) is 0 Å². The molecule has 0 unspecified atom stereocenters. The van der Waals surface area contributed by atoms with Crippen LogP contribution in [-0.4, -0.2) is 23.4 Å². The van der Waals surface area contributed by atoms with Gasteiger partial charge in [0.2, 0.25) is 0 Å². The molecule has 130 valence electrons. The standard InChI is InChI=1S/C17H17ClN4O2S/c1-12(2)17-11-19-21-22(17)15-5-3-4-14(10-15)20-25(23,24)16-8-6-13(18)7-9-16/h3-12,20H,1-2H3. The van der Waals surface area contributed by atoms with E-state index in [-0.39, 0.29) is 10.8 Å². The third kappa shape index (κ3) is 3.83. The monoisotopic (exact) mass is 376 g/mol. The van der Waals surface area contributed by atoms with Gasteiger partial charge in [0.15, 0.2) is 0 Å². The first-order chi connectivity index (χ1) is 11.9. The zero-order valence-corrected chi connectivity index (χ0v) is 15.3. The first kappa shape index (κ1) is 17.4. The van der Waals surface area contributed by atoms with Crippen LogP contribution in [0.3, 0.4) is 0 Å². The molecule has 8 heteroatoms. The van der Waals surface area contributed by atoms with Crippen LogP contribution in [0.25, 0.3) is 5.69 Å². The Bertz CT molecular complexity index is 982. The molecule has 0 atom stereocenters. The molecule has 0 aliphatic heterocycles. The van der Waals surface area contributed by atoms with Crippen molar-refractivity contribution in [3.8, 4) is 5.69 Å². The van der Waals surface area contributed by atoms with Crippen molar-refractivity contribution in [1.29, 1.82) is 0 Å². The first-order valence-corrected chi connectivity index (χ1v) is 9.52. The summed E-state index contributed by atoms with van der Waals surface area (Å²) in [6.45, 7) is 4.09. The fourth-order valence-corrected chi connectivity index (χ4v) is 3.54. The number of hydrogen-bond donors (Lipinski definition) is 1. The van der Waals surface area contributed by atoms with Crippen LogP contribution in [0, 0.1) is 0 Å². The van der Waals surface area contributed by atoms with Crippen LogP contribution in [0.5, 0.6) is 0 Å². The van der Waals surface area contributed by atoms with E-state index in [1.54, 1.807) is 29.1 Å². The largest absolute Gasteiger partial charge is 0.280 e. The summed E-state index contributed by atoms with van der Waals surface area (Å²) >= 11 is 5.81. The minimum Gasteiger partial charge on any atom is -0.280 e. The second-order valence-electron chi connectivity index (χ2n) is 5.84. The van der Waals surface area contributed by atoms with E-state index in [4.69, 9.17) is 11.6 Å². The van der Waals surface area contributed by atoms with Crippen molar-refractivity contribution in [2.24, 2.45) is 0 Å². The smallest absolute Gasteiger partial charge is 0.261 e. The van der Waals surface area contributed by atoms with Crippen molar-refractivity contribution >= 4 is 27.3 Å². The molecule has 0 fully saturated rings. The molecule has 0 saturated carbocycles. The van der Waals surface area contributed by atoms with Gasteiger partial charge in [-0.05, 0) is 48.4 Å². The highest BCUT2D eigenvalue weighted by Crippen LogP contribution is 2.22. The minimum absolute atomic E-state index is 0.144. The van der Waals surface area contributed by atoms with Crippen molar-refractivity contribution < 1.29 is 8.42 Å². The second kappa shape index (κ2) is 6.85. The maximum absolute atomic E-state index is 12.5. The average molecular weight is 377 g/mol. The number of benzene rings is 2. The van der Waals surface area contributed by atoms with Crippen molar-refractivity contribution in [3.63, 3.8) is 0 Å². The van der Waals surface area contributed by atoms with Crippen LogP contribution < -0.4 is 4.72 Å². The first-order valence-electron chi connectivity index (χ1n) is 7.66. The number of nitrogens with one attached hydrogen (secondary N) is 1. The maximum Gasteiger partial charge on any atom is 0.261 e. The average Bonchev–Trinajstić information content (AvgIpc) is 3.05. The Morgan fingerprint density at radius 2 is 1.84 bits per heavy atom. The zero-order chi connectivity index (χ0) is 18.0. The number of hydrogen-bond acceptors (Lipinski definition) is 4. The van der Waals surface area contributed by atoms with E-state index in [1.807, 2.05) is 19.9 Å². The molecule has 0 amide bonds. The van der Waals surface area contributed by atoms with E-state index < -0.39 is 10.0 Å². The third-order valence-electron chi connectivity index (χ3n) is 3.63. The zero-order valence-electron chi connectivity index (χ0n) is 13.7. The highest BCUT2D eigenvalue weighted by atomic mass is 35.5. The summed E-state index contributed by atoms with van der Waals surface area (Å²) in [6, 6.07) is 13.0. The summed E-state index contributed by atoms with van der Waals surface area (Å²) in [4.78, 5) is 0.144. The maximum atomic E-state index is 12.5. The third-order valence-corrected chi connectivity index (χ3v) is 5.28. The minimum atomic E-state index is -3.70. The molecule has 0 bridgehead atoms. The van der Waals surface area contributed by atoms with Gasteiger partial charge >= 0.3 is 0 Å². The molecular weight excluding hydrogens is 360 g/mol. The van der Waals surface area contributed by atoms with Gasteiger partial charge in [-0.3, -0.25) is 4.72 Å². The molecule has 0 radical (unpaired) electrons. The lowest BCUT2D eigenvalue weighted by Crippen LogP contribution is -2.13. The van der Waals surface area contributed by atoms with Crippen LogP contribution in [0.2, 0.25) is 5.02 Å². The van der Waals surface area contributed by atoms with Crippen molar-refractivity contribution in [2.75, 3.05) is 4.72 Å². The second-order valence-corrected chi connectivity index (χ2v) is 7.95. The van der Waals surface area contributed by atoms with Crippen LogP contribution >= 0.6 is 11.6 Å². The lowest BCUT2D eigenvalue weighted by Gasteiger charge is -2.12. The van der Waals surface area contributed by atoms with Gasteiger partial charge in [-0.1, -0.05) is 36.7 Å². The van der Waals surface area contributed by atoms with Gasteiger partial charge in [0.05, 0.1) is 28.2 Å². The summed E-state index contributed by atoms with van der Waals surface area (Å²) in [5.74, 6) is 0.240. The number of rotatable bonds is 5. The molecule has 0 saturated heterocycles. The van der Waals surface area contributed by atoms with Crippen LogP contribution in [-0.2, 0) is 10.0 Å². The van der Waals surface area contributed by atoms with E-state index in [1.165, 1.54) is 24.3 Å². The summed E-state index contributed by atoms with van der Waals surface area (Å²) in [5.41, 5.74) is 2.12. The molecular formula is C17H17ClN4O2S. The molecule has 0 aliphatic carbocycles. The molecule has 3 rings (SSSR count).